The summed E-state index contributed by atoms with van der Waals surface area (Å²) in [5.41, 5.74) is 2.36. The van der Waals surface area contributed by atoms with Crippen LogP contribution in [-0.2, 0) is 19.1 Å². The molecule has 3 aliphatic rings. The van der Waals surface area contributed by atoms with E-state index in [4.69, 9.17) is 9.47 Å². The zero-order chi connectivity index (χ0) is 23.8. The molecule has 0 amide bonds. The van der Waals surface area contributed by atoms with Gasteiger partial charge in [0.2, 0.25) is 0 Å². The normalized spacial score (nSPS) is 24.8. The monoisotopic (exact) mass is 545 g/mol. The lowest BCUT2D eigenvalue weighted by molar-refractivity contribution is -0.142. The molecule has 1 fully saturated rings. The second-order valence-electron chi connectivity index (χ2n) is 8.93. The van der Waals surface area contributed by atoms with Crippen LogP contribution in [0.1, 0.15) is 54.9 Å². The van der Waals surface area contributed by atoms with Crippen LogP contribution in [0.15, 0.2) is 62.7 Å². The maximum absolute atomic E-state index is 15.2. The molecule has 3 heterocycles. The molecule has 0 saturated carbocycles. The van der Waals surface area contributed by atoms with Gasteiger partial charge in [0, 0.05) is 50.8 Å². The van der Waals surface area contributed by atoms with Crippen molar-refractivity contribution in [2.45, 2.75) is 50.5 Å². The van der Waals surface area contributed by atoms with E-state index >= 15 is 4.39 Å². The Kier molecular flexibility index (Phi) is 6.73. The predicted molar refractivity (Wildman–Crippen MR) is 131 cm³/mol. The molecule has 0 spiro atoms. The standard InChI is InChI=1S/C26H25BrFNO4S/c1-14-23(26(31)33-13-17-4-2-8-32-17)24(18-12-16(27)6-7-19(18)28)25-20(29-14)10-15(11-21(25)30)22-5-3-9-34-22/h3,5-7,9,12,15,17,24,29H,2,4,8,10-11,13H2,1H3/t15-,17+,24+/m1/s1. The lowest BCUT2D eigenvalue weighted by Crippen LogP contribution is -2.36. The second kappa shape index (κ2) is 9.76. The Morgan fingerprint density at radius 1 is 1.32 bits per heavy atom. The summed E-state index contributed by atoms with van der Waals surface area (Å²) in [6.45, 7) is 2.59. The zero-order valence-electron chi connectivity index (χ0n) is 18.7. The molecule has 5 nitrogen and oxygen atoms in total. The number of halogens is 2. The molecule has 178 valence electrons. The highest BCUT2D eigenvalue weighted by molar-refractivity contribution is 9.10. The van der Waals surface area contributed by atoms with Gasteiger partial charge in [-0.1, -0.05) is 22.0 Å². The Hall–Kier alpha value is -2.29. The minimum absolute atomic E-state index is 0.0626. The topological polar surface area (TPSA) is 64.6 Å². The third kappa shape index (κ3) is 4.51. The van der Waals surface area contributed by atoms with E-state index in [0.29, 0.717) is 35.2 Å². The van der Waals surface area contributed by atoms with Crippen LogP contribution in [0.3, 0.4) is 0 Å². The molecule has 0 unspecified atom stereocenters. The highest BCUT2D eigenvalue weighted by atomic mass is 79.9. The van der Waals surface area contributed by atoms with Gasteiger partial charge in [-0.3, -0.25) is 4.79 Å². The van der Waals surface area contributed by atoms with E-state index in [0.717, 1.165) is 23.4 Å². The van der Waals surface area contributed by atoms with Crippen molar-refractivity contribution in [3.8, 4) is 0 Å². The molecule has 1 saturated heterocycles. The molecule has 0 bridgehead atoms. The summed E-state index contributed by atoms with van der Waals surface area (Å²) in [7, 11) is 0. The summed E-state index contributed by atoms with van der Waals surface area (Å²) in [5, 5.41) is 5.32. The van der Waals surface area contributed by atoms with Crippen LogP contribution in [0.4, 0.5) is 4.39 Å². The summed E-state index contributed by atoms with van der Waals surface area (Å²) >= 11 is 5.05. The summed E-state index contributed by atoms with van der Waals surface area (Å²) in [6, 6.07) is 8.63. The molecule has 8 heteroatoms. The maximum Gasteiger partial charge on any atom is 0.336 e. The van der Waals surface area contributed by atoms with Gasteiger partial charge in [0.25, 0.3) is 0 Å². The Labute approximate surface area is 210 Å². The van der Waals surface area contributed by atoms with Gasteiger partial charge >= 0.3 is 5.97 Å². The summed E-state index contributed by atoms with van der Waals surface area (Å²) in [4.78, 5) is 28.0. The molecule has 34 heavy (non-hydrogen) atoms. The molecule has 1 aromatic heterocycles. The van der Waals surface area contributed by atoms with Gasteiger partial charge in [-0.25, -0.2) is 9.18 Å². The van der Waals surface area contributed by atoms with Crippen molar-refractivity contribution in [3.63, 3.8) is 0 Å². The van der Waals surface area contributed by atoms with Crippen LogP contribution in [0.5, 0.6) is 0 Å². The summed E-state index contributed by atoms with van der Waals surface area (Å²) in [5.74, 6) is -1.86. The van der Waals surface area contributed by atoms with Crippen molar-refractivity contribution >= 4 is 39.0 Å². The van der Waals surface area contributed by atoms with Crippen molar-refractivity contribution in [3.05, 3.63) is 79.0 Å². The molecule has 1 aromatic carbocycles. The van der Waals surface area contributed by atoms with Crippen LogP contribution in [0.25, 0.3) is 0 Å². The van der Waals surface area contributed by atoms with Gasteiger partial charge in [0.1, 0.15) is 12.4 Å². The minimum Gasteiger partial charge on any atom is -0.459 e. The van der Waals surface area contributed by atoms with Gasteiger partial charge in [0.15, 0.2) is 5.78 Å². The first-order valence-electron chi connectivity index (χ1n) is 11.4. The number of Topliss-reactive ketones (excluding diaryl/α,β-unsaturated/α-hetero) is 1. The molecular weight excluding hydrogens is 521 g/mol. The smallest absolute Gasteiger partial charge is 0.336 e. The average Bonchev–Trinajstić information content (AvgIpc) is 3.52. The van der Waals surface area contributed by atoms with Crippen LogP contribution >= 0.6 is 27.3 Å². The molecule has 3 atom stereocenters. The molecule has 1 N–H and O–H groups in total. The number of carbonyl (C=O) groups excluding carboxylic acids is 2. The number of benzene rings is 1. The number of ketones is 1. The Morgan fingerprint density at radius 2 is 2.18 bits per heavy atom. The first-order valence-corrected chi connectivity index (χ1v) is 13.1. The van der Waals surface area contributed by atoms with Gasteiger partial charge in [-0.05, 0) is 55.8 Å². The maximum atomic E-state index is 15.2. The Balaban J connectivity index is 1.54. The highest BCUT2D eigenvalue weighted by Crippen LogP contribution is 2.47. The van der Waals surface area contributed by atoms with Gasteiger partial charge in [0.05, 0.1) is 17.6 Å². The quantitative estimate of drug-likeness (QED) is 0.486. The lowest BCUT2D eigenvalue weighted by atomic mass is 9.72. The second-order valence-corrected chi connectivity index (χ2v) is 10.8. The van der Waals surface area contributed by atoms with Crippen molar-refractivity contribution in [2.75, 3.05) is 13.2 Å². The minimum atomic E-state index is -0.831. The number of rotatable bonds is 5. The van der Waals surface area contributed by atoms with Crippen molar-refractivity contribution in [2.24, 2.45) is 0 Å². The molecule has 5 rings (SSSR count). The first-order chi connectivity index (χ1) is 16.4. The lowest BCUT2D eigenvalue weighted by Gasteiger charge is -2.36. The number of allylic oxidation sites excluding steroid dienone is 3. The fourth-order valence-corrected chi connectivity index (χ4v) is 6.31. The zero-order valence-corrected chi connectivity index (χ0v) is 21.1. The molecule has 1 aliphatic carbocycles. The van der Waals surface area contributed by atoms with Gasteiger partial charge in [-0.15, -0.1) is 11.3 Å². The number of hydrogen-bond acceptors (Lipinski definition) is 6. The number of dihydropyridines is 1. The Bertz CT molecular complexity index is 1180. The fraction of sp³-hybridized carbons (Fsp3) is 0.385. The van der Waals surface area contributed by atoms with E-state index in [1.165, 1.54) is 6.07 Å². The van der Waals surface area contributed by atoms with E-state index in [2.05, 4.69) is 21.2 Å². The van der Waals surface area contributed by atoms with E-state index < -0.39 is 17.7 Å². The number of ether oxygens (including phenoxy) is 2. The van der Waals surface area contributed by atoms with E-state index in [1.807, 2.05) is 17.5 Å². The third-order valence-corrected chi connectivity index (χ3v) is 8.21. The van der Waals surface area contributed by atoms with Crippen LogP contribution in [0, 0.1) is 5.82 Å². The van der Waals surface area contributed by atoms with Gasteiger partial charge < -0.3 is 14.8 Å². The summed E-state index contributed by atoms with van der Waals surface area (Å²) in [6.07, 6.45) is 2.60. The highest BCUT2D eigenvalue weighted by Gasteiger charge is 2.42. The van der Waals surface area contributed by atoms with E-state index in [1.54, 1.807) is 30.4 Å². The largest absolute Gasteiger partial charge is 0.459 e. The first kappa shape index (κ1) is 23.5. The number of carbonyl (C=O) groups is 2. The molecule has 0 radical (unpaired) electrons. The van der Waals surface area contributed by atoms with Crippen molar-refractivity contribution in [1.29, 1.82) is 0 Å². The molecular formula is C26H25BrFNO4S. The number of nitrogens with one attached hydrogen (secondary N) is 1. The van der Waals surface area contributed by atoms with Crippen LogP contribution in [0.2, 0.25) is 0 Å². The van der Waals surface area contributed by atoms with E-state index in [9.17, 15) is 9.59 Å². The summed E-state index contributed by atoms with van der Waals surface area (Å²) < 4.78 is 27.0. The molecule has 2 aromatic rings. The van der Waals surface area contributed by atoms with Gasteiger partial charge in [-0.2, -0.15) is 0 Å². The Morgan fingerprint density at radius 3 is 2.91 bits per heavy atom. The van der Waals surface area contributed by atoms with Crippen LogP contribution < -0.4 is 5.32 Å². The van der Waals surface area contributed by atoms with Crippen molar-refractivity contribution < 1.29 is 23.5 Å². The molecule has 2 aliphatic heterocycles. The number of esters is 1. The van der Waals surface area contributed by atoms with Crippen LogP contribution in [-0.4, -0.2) is 31.1 Å². The fourth-order valence-electron chi connectivity index (χ4n) is 5.10. The SMILES string of the molecule is CC1=C(C(=O)OC[C@@H]2CCCO2)[C@H](c2cc(Br)ccc2F)C2=C(C[C@@H](c3cccs3)CC2=O)N1. The number of hydrogen-bond donors (Lipinski definition) is 1. The predicted octanol–water partition coefficient (Wildman–Crippen LogP) is 5.73. The van der Waals surface area contributed by atoms with Crippen molar-refractivity contribution in [1.82, 2.24) is 5.32 Å². The van der Waals surface area contributed by atoms with E-state index in [-0.39, 0.29) is 35.5 Å². The third-order valence-electron chi connectivity index (χ3n) is 6.69. The number of thiophene rings is 1. The average molecular weight is 546 g/mol.